The molecule has 0 aromatic heterocycles. The van der Waals surface area contributed by atoms with E-state index < -0.39 is 0 Å². The summed E-state index contributed by atoms with van der Waals surface area (Å²) in [6.45, 7) is 5.54. The molecule has 0 spiro atoms. The van der Waals surface area contributed by atoms with Crippen LogP contribution in [0.2, 0.25) is 0 Å². The van der Waals surface area contributed by atoms with Crippen molar-refractivity contribution in [3.8, 4) is 0 Å². The Morgan fingerprint density at radius 3 is 2.50 bits per heavy atom. The molecule has 0 unspecified atom stereocenters. The minimum absolute atomic E-state index is 0.330. The van der Waals surface area contributed by atoms with Crippen molar-refractivity contribution in [1.82, 2.24) is 9.80 Å². The average molecular weight is 198 g/mol. The molecule has 0 radical (unpaired) electrons. The molecule has 82 valence electrons. The molecule has 3 heteroatoms. The van der Waals surface area contributed by atoms with E-state index in [4.69, 9.17) is 0 Å². The normalized spacial score (nSPS) is 29.6. The standard InChI is InChI=1S/C11H22N2O/c1-12-6-3-7-13(9-8-12)10-11(14)4-2-5-11/h14H,2-10H2,1H3. The van der Waals surface area contributed by atoms with Gasteiger partial charge in [-0.25, -0.2) is 0 Å². The summed E-state index contributed by atoms with van der Waals surface area (Å²) in [5.41, 5.74) is -0.330. The molecule has 0 bridgehead atoms. The van der Waals surface area contributed by atoms with Gasteiger partial charge >= 0.3 is 0 Å². The quantitative estimate of drug-likeness (QED) is 0.701. The van der Waals surface area contributed by atoms with E-state index >= 15 is 0 Å². The van der Waals surface area contributed by atoms with E-state index in [2.05, 4.69) is 16.8 Å². The van der Waals surface area contributed by atoms with Crippen LogP contribution in [0.4, 0.5) is 0 Å². The van der Waals surface area contributed by atoms with Crippen LogP contribution in [-0.4, -0.2) is 60.3 Å². The topological polar surface area (TPSA) is 26.7 Å². The van der Waals surface area contributed by atoms with Crippen molar-refractivity contribution < 1.29 is 5.11 Å². The predicted molar refractivity (Wildman–Crippen MR) is 57.4 cm³/mol. The number of nitrogens with zero attached hydrogens (tertiary/aromatic N) is 2. The molecule has 1 aliphatic carbocycles. The second-order valence-corrected chi connectivity index (χ2v) is 5.01. The van der Waals surface area contributed by atoms with E-state index in [0.717, 1.165) is 39.0 Å². The molecule has 2 aliphatic rings. The van der Waals surface area contributed by atoms with Crippen molar-refractivity contribution in [2.45, 2.75) is 31.3 Å². The summed E-state index contributed by atoms with van der Waals surface area (Å²) < 4.78 is 0. The molecule has 0 aromatic rings. The van der Waals surface area contributed by atoms with E-state index in [9.17, 15) is 5.11 Å². The summed E-state index contributed by atoms with van der Waals surface area (Å²) in [4.78, 5) is 4.81. The van der Waals surface area contributed by atoms with Crippen LogP contribution in [0.1, 0.15) is 25.7 Å². The number of rotatable bonds is 2. The van der Waals surface area contributed by atoms with Crippen LogP contribution < -0.4 is 0 Å². The third-order valence-electron chi connectivity index (χ3n) is 3.61. The van der Waals surface area contributed by atoms with Crippen LogP contribution in [0.5, 0.6) is 0 Å². The monoisotopic (exact) mass is 198 g/mol. The minimum atomic E-state index is -0.330. The zero-order chi connectivity index (χ0) is 10.0. The molecule has 1 saturated carbocycles. The van der Waals surface area contributed by atoms with Gasteiger partial charge in [0.1, 0.15) is 0 Å². The van der Waals surface area contributed by atoms with E-state index in [1.807, 2.05) is 0 Å². The fourth-order valence-corrected chi connectivity index (χ4v) is 2.42. The Morgan fingerprint density at radius 2 is 1.86 bits per heavy atom. The van der Waals surface area contributed by atoms with Crippen LogP contribution in [-0.2, 0) is 0 Å². The van der Waals surface area contributed by atoms with Crippen molar-refractivity contribution in [3.63, 3.8) is 0 Å². The van der Waals surface area contributed by atoms with Gasteiger partial charge in [-0.2, -0.15) is 0 Å². The second-order valence-electron chi connectivity index (χ2n) is 5.01. The van der Waals surface area contributed by atoms with Gasteiger partial charge in [0.05, 0.1) is 5.60 Å². The molecule has 0 atom stereocenters. The van der Waals surface area contributed by atoms with Gasteiger partial charge in [-0.3, -0.25) is 4.90 Å². The molecule has 1 N–H and O–H groups in total. The van der Waals surface area contributed by atoms with Gasteiger partial charge in [0.2, 0.25) is 0 Å². The molecular formula is C11H22N2O. The number of hydrogen-bond acceptors (Lipinski definition) is 3. The van der Waals surface area contributed by atoms with Gasteiger partial charge < -0.3 is 10.0 Å². The highest BCUT2D eigenvalue weighted by Crippen LogP contribution is 2.32. The highest BCUT2D eigenvalue weighted by atomic mass is 16.3. The SMILES string of the molecule is CN1CCCN(CC2(O)CCC2)CC1. The van der Waals surface area contributed by atoms with Gasteiger partial charge in [-0.1, -0.05) is 0 Å². The molecule has 1 heterocycles. The number of aliphatic hydroxyl groups is 1. The summed E-state index contributed by atoms with van der Waals surface area (Å²) in [6, 6.07) is 0. The van der Waals surface area contributed by atoms with Gasteiger partial charge in [-0.15, -0.1) is 0 Å². The first kappa shape index (κ1) is 10.4. The van der Waals surface area contributed by atoms with Crippen molar-refractivity contribution >= 4 is 0 Å². The lowest BCUT2D eigenvalue weighted by Gasteiger charge is -2.40. The third kappa shape index (κ3) is 2.47. The molecule has 14 heavy (non-hydrogen) atoms. The fourth-order valence-electron chi connectivity index (χ4n) is 2.42. The zero-order valence-corrected chi connectivity index (χ0v) is 9.21. The highest BCUT2D eigenvalue weighted by Gasteiger charge is 2.36. The molecule has 1 saturated heterocycles. The maximum absolute atomic E-state index is 10.1. The second kappa shape index (κ2) is 4.17. The summed E-state index contributed by atoms with van der Waals surface area (Å²) in [5.74, 6) is 0. The maximum atomic E-state index is 10.1. The zero-order valence-electron chi connectivity index (χ0n) is 9.21. The fraction of sp³-hybridized carbons (Fsp3) is 1.00. The van der Waals surface area contributed by atoms with Gasteiger partial charge in [0.25, 0.3) is 0 Å². The smallest absolute Gasteiger partial charge is 0.0774 e. The lowest BCUT2D eigenvalue weighted by atomic mass is 9.80. The molecule has 2 fully saturated rings. The van der Waals surface area contributed by atoms with Crippen molar-refractivity contribution in [2.75, 3.05) is 39.8 Å². The van der Waals surface area contributed by atoms with Crippen molar-refractivity contribution in [1.29, 1.82) is 0 Å². The third-order valence-corrected chi connectivity index (χ3v) is 3.61. The van der Waals surface area contributed by atoms with E-state index in [1.165, 1.54) is 19.4 Å². The van der Waals surface area contributed by atoms with E-state index in [-0.39, 0.29) is 5.60 Å². The Hall–Kier alpha value is -0.120. The Labute approximate surface area is 86.7 Å². The number of hydrogen-bond donors (Lipinski definition) is 1. The summed E-state index contributed by atoms with van der Waals surface area (Å²) in [7, 11) is 2.18. The molecule has 1 aliphatic heterocycles. The molecule has 3 nitrogen and oxygen atoms in total. The van der Waals surface area contributed by atoms with Crippen LogP contribution in [0, 0.1) is 0 Å². The Balaban J connectivity index is 1.79. The largest absolute Gasteiger partial charge is 0.389 e. The average Bonchev–Trinajstić information content (AvgIpc) is 2.29. The molecular weight excluding hydrogens is 176 g/mol. The lowest BCUT2D eigenvalue weighted by molar-refractivity contribution is -0.0579. The van der Waals surface area contributed by atoms with Crippen molar-refractivity contribution in [2.24, 2.45) is 0 Å². The Morgan fingerprint density at radius 1 is 1.07 bits per heavy atom. The first-order chi connectivity index (χ1) is 6.68. The van der Waals surface area contributed by atoms with Gasteiger partial charge in [0.15, 0.2) is 0 Å². The minimum Gasteiger partial charge on any atom is -0.389 e. The first-order valence-corrected chi connectivity index (χ1v) is 5.81. The molecule has 0 amide bonds. The summed E-state index contributed by atoms with van der Waals surface area (Å²) in [6.07, 6.45) is 4.48. The predicted octanol–water partition coefficient (Wildman–Crippen LogP) is 0.539. The first-order valence-electron chi connectivity index (χ1n) is 5.81. The van der Waals surface area contributed by atoms with E-state index in [0.29, 0.717) is 0 Å². The molecule has 2 rings (SSSR count). The number of β-amino-alcohol motifs (C(OH)–C–C–N with tert-alkyl or cyclic N) is 1. The van der Waals surface area contributed by atoms with Crippen molar-refractivity contribution in [3.05, 3.63) is 0 Å². The van der Waals surface area contributed by atoms with Gasteiger partial charge in [-0.05, 0) is 45.8 Å². The number of likely N-dealkylation sites (N-methyl/N-ethyl adjacent to an activating group) is 1. The lowest BCUT2D eigenvalue weighted by Crippen LogP contribution is -2.48. The summed E-state index contributed by atoms with van der Waals surface area (Å²) in [5, 5.41) is 10.1. The van der Waals surface area contributed by atoms with Crippen LogP contribution >= 0.6 is 0 Å². The Bertz CT molecular complexity index is 192. The van der Waals surface area contributed by atoms with Crippen LogP contribution in [0.25, 0.3) is 0 Å². The molecule has 0 aromatic carbocycles. The maximum Gasteiger partial charge on any atom is 0.0774 e. The highest BCUT2D eigenvalue weighted by molar-refractivity contribution is 4.90. The van der Waals surface area contributed by atoms with Crippen LogP contribution in [0.3, 0.4) is 0 Å². The Kier molecular flexibility index (Phi) is 3.10. The van der Waals surface area contributed by atoms with Crippen LogP contribution in [0.15, 0.2) is 0 Å². The van der Waals surface area contributed by atoms with E-state index in [1.54, 1.807) is 0 Å². The van der Waals surface area contributed by atoms with Gasteiger partial charge in [0, 0.05) is 19.6 Å². The summed E-state index contributed by atoms with van der Waals surface area (Å²) >= 11 is 0.